The summed E-state index contributed by atoms with van der Waals surface area (Å²) < 4.78 is 8.45. The zero-order chi connectivity index (χ0) is 14.7. The molecule has 0 aliphatic rings. The molecule has 2 aromatic rings. The van der Waals surface area contributed by atoms with Crippen LogP contribution in [0.4, 0.5) is 5.69 Å². The van der Waals surface area contributed by atoms with E-state index in [1.54, 1.807) is 11.6 Å². The zero-order valence-electron chi connectivity index (χ0n) is 11.8. The molecule has 2 aromatic heterocycles. The van der Waals surface area contributed by atoms with E-state index in [9.17, 15) is 4.79 Å². The van der Waals surface area contributed by atoms with Crippen LogP contribution in [-0.2, 0) is 24.4 Å². The van der Waals surface area contributed by atoms with Crippen molar-refractivity contribution in [3.63, 3.8) is 0 Å². The first kappa shape index (κ1) is 14.0. The summed E-state index contributed by atoms with van der Waals surface area (Å²) in [6.45, 7) is 6.85. The second-order valence-electron chi connectivity index (χ2n) is 4.23. The van der Waals surface area contributed by atoms with E-state index in [-0.39, 0.29) is 12.3 Å². The second-order valence-corrected chi connectivity index (χ2v) is 4.23. The van der Waals surface area contributed by atoms with Crippen molar-refractivity contribution in [2.75, 3.05) is 5.73 Å². The summed E-state index contributed by atoms with van der Waals surface area (Å²) in [4.78, 5) is 16.2. The van der Waals surface area contributed by atoms with Crippen LogP contribution in [0.5, 0.6) is 0 Å². The van der Waals surface area contributed by atoms with Gasteiger partial charge in [-0.2, -0.15) is 10.2 Å². The van der Waals surface area contributed by atoms with E-state index in [0.29, 0.717) is 30.3 Å². The molecule has 0 fully saturated rings. The fourth-order valence-corrected chi connectivity index (χ4v) is 1.90. The van der Waals surface area contributed by atoms with Crippen LogP contribution in [0.1, 0.15) is 35.9 Å². The van der Waals surface area contributed by atoms with Gasteiger partial charge in [0.05, 0.1) is 11.4 Å². The predicted molar refractivity (Wildman–Crippen MR) is 71.9 cm³/mol. The van der Waals surface area contributed by atoms with Crippen molar-refractivity contribution in [1.29, 1.82) is 0 Å². The van der Waals surface area contributed by atoms with Crippen LogP contribution in [0.25, 0.3) is 0 Å². The number of carbonyl (C=O) groups is 1. The fraction of sp³-hybridized carbons (Fsp3) is 0.500. The molecule has 108 valence electrons. The van der Waals surface area contributed by atoms with Crippen molar-refractivity contribution in [2.24, 2.45) is 0 Å². The molecule has 0 spiro atoms. The SMILES string of the molecule is CCn1ncnc1COC(=O)c1c(N)c(C)nn1CC. The Hall–Kier alpha value is -2.38. The molecule has 8 nitrogen and oxygen atoms in total. The molecule has 0 aliphatic heterocycles. The number of nitrogen functional groups attached to an aromatic ring is 1. The molecule has 2 rings (SSSR count). The van der Waals surface area contributed by atoms with Crippen LogP contribution >= 0.6 is 0 Å². The highest BCUT2D eigenvalue weighted by Gasteiger charge is 2.21. The third-order valence-electron chi connectivity index (χ3n) is 2.99. The lowest BCUT2D eigenvalue weighted by Gasteiger charge is -2.07. The van der Waals surface area contributed by atoms with Gasteiger partial charge in [-0.1, -0.05) is 0 Å². The Labute approximate surface area is 116 Å². The maximum Gasteiger partial charge on any atom is 0.359 e. The summed E-state index contributed by atoms with van der Waals surface area (Å²) in [5.74, 6) is 0.0920. The van der Waals surface area contributed by atoms with Crippen LogP contribution in [-0.4, -0.2) is 30.5 Å². The van der Waals surface area contributed by atoms with E-state index >= 15 is 0 Å². The van der Waals surface area contributed by atoms with Gasteiger partial charge in [-0.05, 0) is 20.8 Å². The number of rotatable bonds is 5. The highest BCUT2D eigenvalue weighted by Crippen LogP contribution is 2.17. The van der Waals surface area contributed by atoms with Crippen molar-refractivity contribution in [1.82, 2.24) is 24.5 Å². The summed E-state index contributed by atoms with van der Waals surface area (Å²) in [5, 5.41) is 8.20. The van der Waals surface area contributed by atoms with Crippen molar-refractivity contribution in [2.45, 2.75) is 40.5 Å². The third-order valence-corrected chi connectivity index (χ3v) is 2.99. The van der Waals surface area contributed by atoms with Gasteiger partial charge < -0.3 is 10.5 Å². The molecule has 2 N–H and O–H groups in total. The van der Waals surface area contributed by atoms with Gasteiger partial charge in [-0.15, -0.1) is 0 Å². The lowest BCUT2D eigenvalue weighted by Crippen LogP contribution is -2.15. The van der Waals surface area contributed by atoms with Crippen molar-refractivity contribution in [3.8, 4) is 0 Å². The molecule has 0 aliphatic carbocycles. The smallest absolute Gasteiger partial charge is 0.359 e. The van der Waals surface area contributed by atoms with Crippen LogP contribution in [0.15, 0.2) is 6.33 Å². The Morgan fingerprint density at radius 2 is 2.05 bits per heavy atom. The molecule has 0 atom stereocenters. The Morgan fingerprint density at radius 3 is 2.70 bits per heavy atom. The molecule has 0 aromatic carbocycles. The second kappa shape index (κ2) is 5.72. The van der Waals surface area contributed by atoms with E-state index in [2.05, 4.69) is 15.2 Å². The monoisotopic (exact) mass is 278 g/mol. The summed E-state index contributed by atoms with van der Waals surface area (Å²) in [5.41, 5.74) is 7.13. The first-order chi connectivity index (χ1) is 9.58. The fourth-order valence-electron chi connectivity index (χ4n) is 1.90. The van der Waals surface area contributed by atoms with E-state index < -0.39 is 5.97 Å². The van der Waals surface area contributed by atoms with Gasteiger partial charge in [0.25, 0.3) is 0 Å². The van der Waals surface area contributed by atoms with Gasteiger partial charge in [0.15, 0.2) is 18.1 Å². The van der Waals surface area contributed by atoms with Gasteiger partial charge in [-0.25, -0.2) is 14.5 Å². The molecule has 8 heteroatoms. The molecule has 0 unspecified atom stereocenters. The lowest BCUT2D eigenvalue weighted by molar-refractivity contribution is 0.0444. The molecule has 0 saturated carbocycles. The number of nitrogens with two attached hydrogens (primary N) is 1. The highest BCUT2D eigenvalue weighted by molar-refractivity contribution is 5.93. The standard InChI is InChI=1S/C12H18N6O2/c1-4-17-9(14-7-15-17)6-20-12(19)11-10(13)8(3)16-18(11)5-2/h7H,4-6,13H2,1-3H3. The highest BCUT2D eigenvalue weighted by atomic mass is 16.5. The number of ether oxygens (including phenoxy) is 1. The minimum Gasteiger partial charge on any atom is -0.453 e. The van der Waals surface area contributed by atoms with E-state index in [4.69, 9.17) is 10.5 Å². The Balaban J connectivity index is 2.13. The Kier molecular flexibility index (Phi) is 4.02. The molecular formula is C12H18N6O2. The summed E-state index contributed by atoms with van der Waals surface area (Å²) >= 11 is 0. The van der Waals surface area contributed by atoms with Gasteiger partial charge >= 0.3 is 5.97 Å². The Bertz CT molecular complexity index is 615. The minimum atomic E-state index is -0.504. The largest absolute Gasteiger partial charge is 0.453 e. The third kappa shape index (κ3) is 2.49. The maximum absolute atomic E-state index is 12.1. The molecule has 20 heavy (non-hydrogen) atoms. The molecule has 0 amide bonds. The number of aryl methyl sites for hydroxylation is 3. The minimum absolute atomic E-state index is 0.0556. The lowest BCUT2D eigenvalue weighted by atomic mass is 10.3. The number of esters is 1. The first-order valence-corrected chi connectivity index (χ1v) is 6.45. The summed E-state index contributed by atoms with van der Waals surface area (Å²) in [7, 11) is 0. The first-order valence-electron chi connectivity index (χ1n) is 6.45. The molecule has 0 bridgehead atoms. The number of aromatic nitrogens is 5. The molecular weight excluding hydrogens is 260 g/mol. The number of hydrogen-bond donors (Lipinski definition) is 1. The van der Waals surface area contributed by atoms with Crippen molar-refractivity contribution < 1.29 is 9.53 Å². The maximum atomic E-state index is 12.1. The number of carbonyl (C=O) groups excluding carboxylic acids is 1. The average Bonchev–Trinajstić information content (AvgIpc) is 3.01. The van der Waals surface area contributed by atoms with E-state index in [0.717, 1.165) is 0 Å². The molecule has 0 saturated heterocycles. The Morgan fingerprint density at radius 1 is 1.35 bits per heavy atom. The average molecular weight is 278 g/mol. The van der Waals surface area contributed by atoms with Crippen LogP contribution in [0, 0.1) is 6.92 Å². The number of nitrogens with zero attached hydrogens (tertiary/aromatic N) is 5. The normalized spacial score (nSPS) is 10.8. The van der Waals surface area contributed by atoms with Crippen LogP contribution in [0.2, 0.25) is 0 Å². The molecule has 0 radical (unpaired) electrons. The van der Waals surface area contributed by atoms with Crippen molar-refractivity contribution in [3.05, 3.63) is 23.5 Å². The predicted octanol–water partition coefficient (Wildman–Crippen LogP) is 0.762. The zero-order valence-corrected chi connectivity index (χ0v) is 11.8. The van der Waals surface area contributed by atoms with Gasteiger partial charge in [0.1, 0.15) is 6.33 Å². The number of hydrogen-bond acceptors (Lipinski definition) is 6. The van der Waals surface area contributed by atoms with Crippen LogP contribution in [0.3, 0.4) is 0 Å². The molecule has 2 heterocycles. The summed E-state index contributed by atoms with van der Waals surface area (Å²) in [6, 6.07) is 0. The quantitative estimate of drug-likeness (QED) is 0.810. The van der Waals surface area contributed by atoms with Gasteiger partial charge in [0.2, 0.25) is 0 Å². The van der Waals surface area contributed by atoms with E-state index in [1.807, 2.05) is 13.8 Å². The number of anilines is 1. The topological polar surface area (TPSA) is 101 Å². The van der Waals surface area contributed by atoms with Crippen LogP contribution < -0.4 is 5.73 Å². The van der Waals surface area contributed by atoms with E-state index in [1.165, 1.54) is 11.0 Å². The van der Waals surface area contributed by atoms with Gasteiger partial charge in [-0.3, -0.25) is 4.68 Å². The van der Waals surface area contributed by atoms with Crippen molar-refractivity contribution >= 4 is 11.7 Å². The summed E-state index contributed by atoms with van der Waals surface area (Å²) in [6.07, 6.45) is 1.43. The van der Waals surface area contributed by atoms with Gasteiger partial charge in [0, 0.05) is 13.1 Å².